The molecule has 2 amide bonds. The summed E-state index contributed by atoms with van der Waals surface area (Å²) in [5, 5.41) is 10.4. The molecule has 0 spiro atoms. The van der Waals surface area contributed by atoms with Gasteiger partial charge in [-0.1, -0.05) is 6.92 Å². The molecule has 19 heteroatoms. The molecule has 4 saturated heterocycles. The molecule has 0 aliphatic carbocycles. The lowest BCUT2D eigenvalue weighted by Crippen LogP contribution is -2.53. The third-order valence-corrected chi connectivity index (χ3v) is 16.6. The molecule has 69 heavy (non-hydrogen) atoms. The van der Waals surface area contributed by atoms with E-state index >= 15 is 8.78 Å². The van der Waals surface area contributed by atoms with E-state index in [1.165, 1.54) is 29.7 Å². The standard InChI is InChI=1S/C50H61BrF2N11O4P/c1-5-32-24-42(58-50-55-29-37(51)48(60-50)57-41-8-7-40-36(28-54-30-56-40)47(41)69(3,4)67)44(68-2)27-43(32)64-18-13-33(14-19-64)63-22-20-61(21-23-63)15-10-31-11-16-62(17-12-31)34-25-38(52)46(39(53)26-34)35-6-9-45(65)59-49(35)66/h7-8,24-31,33,35H,5-6,9-23H2,1-4H3,(H,59,65,66)(H2,55,57,58,60). The van der Waals surface area contributed by atoms with Crippen molar-refractivity contribution < 1.29 is 27.7 Å². The summed E-state index contributed by atoms with van der Waals surface area (Å²) in [6.07, 6.45) is 11.1. The Morgan fingerprint density at radius 2 is 1.59 bits per heavy atom. The van der Waals surface area contributed by atoms with Crippen LogP contribution in [0.3, 0.4) is 0 Å². The van der Waals surface area contributed by atoms with Crippen molar-refractivity contribution in [3.63, 3.8) is 0 Å². The summed E-state index contributed by atoms with van der Waals surface area (Å²) in [6, 6.07) is 11.3. The second kappa shape index (κ2) is 21.0. The van der Waals surface area contributed by atoms with Gasteiger partial charge in [-0.15, -0.1) is 0 Å². The minimum atomic E-state index is -2.76. The molecule has 0 radical (unpaired) electrons. The number of methoxy groups -OCH3 is 1. The van der Waals surface area contributed by atoms with Crippen molar-refractivity contribution in [1.82, 2.24) is 35.1 Å². The second-order valence-corrected chi connectivity index (χ2v) is 23.1. The van der Waals surface area contributed by atoms with E-state index in [0.29, 0.717) is 50.6 Å². The van der Waals surface area contributed by atoms with E-state index in [1.54, 1.807) is 32.8 Å². The number of carbonyl (C=O) groups is 2. The van der Waals surface area contributed by atoms with Gasteiger partial charge in [-0.05, 0) is 123 Å². The molecular weight excluding hydrogens is 967 g/mol. The summed E-state index contributed by atoms with van der Waals surface area (Å²) >= 11 is 3.60. The first-order valence-electron chi connectivity index (χ1n) is 24.1. The Balaban J connectivity index is 0.750. The number of anilines is 6. The third-order valence-electron chi connectivity index (χ3n) is 14.4. The molecule has 4 aliphatic rings. The largest absolute Gasteiger partial charge is 0.494 e. The summed E-state index contributed by atoms with van der Waals surface area (Å²) in [5.41, 5.74) is 4.81. The van der Waals surface area contributed by atoms with Crippen molar-refractivity contribution >= 4 is 85.6 Å². The molecule has 2 aromatic heterocycles. The molecule has 15 nitrogen and oxygen atoms in total. The quantitative estimate of drug-likeness (QED) is 0.0722. The van der Waals surface area contributed by atoms with Crippen molar-refractivity contribution in [3.05, 3.63) is 82.4 Å². The smallest absolute Gasteiger partial charge is 0.234 e. The van der Waals surface area contributed by atoms with Gasteiger partial charge in [0.2, 0.25) is 17.8 Å². The van der Waals surface area contributed by atoms with Crippen molar-refractivity contribution in [1.29, 1.82) is 0 Å². The maximum Gasteiger partial charge on any atom is 0.234 e. The highest BCUT2D eigenvalue weighted by Crippen LogP contribution is 2.42. The van der Waals surface area contributed by atoms with Crippen molar-refractivity contribution in [3.8, 4) is 5.75 Å². The molecule has 0 bridgehead atoms. The lowest BCUT2D eigenvalue weighted by atomic mass is 9.89. The summed E-state index contributed by atoms with van der Waals surface area (Å²) < 4.78 is 50.6. The Morgan fingerprint density at radius 3 is 2.28 bits per heavy atom. The van der Waals surface area contributed by atoms with Gasteiger partial charge >= 0.3 is 0 Å². The topological polar surface area (TPSA) is 161 Å². The molecule has 3 N–H and O–H groups in total. The molecule has 5 aromatic rings. The molecule has 366 valence electrons. The highest BCUT2D eigenvalue weighted by Gasteiger charge is 2.34. The van der Waals surface area contributed by atoms with Gasteiger partial charge in [-0.3, -0.25) is 19.8 Å². The molecule has 1 unspecified atom stereocenters. The van der Waals surface area contributed by atoms with Crippen LogP contribution in [-0.2, 0) is 20.6 Å². The number of piperazine rings is 1. The van der Waals surface area contributed by atoms with Crippen LogP contribution in [0.1, 0.15) is 68.9 Å². The fourth-order valence-corrected chi connectivity index (χ4v) is 12.4. The van der Waals surface area contributed by atoms with E-state index in [0.717, 1.165) is 114 Å². The van der Waals surface area contributed by atoms with Crippen LogP contribution in [0.5, 0.6) is 5.75 Å². The van der Waals surface area contributed by atoms with Crippen LogP contribution in [0.4, 0.5) is 43.3 Å². The van der Waals surface area contributed by atoms with Gasteiger partial charge in [0, 0.05) is 111 Å². The SMILES string of the molecule is CCc1cc(Nc2ncc(Br)c(Nc3ccc4ncncc4c3P(C)(C)=O)n2)c(OC)cc1N1CCC(N2CCN(CCC3CCN(c4cc(F)c(C5CCC(=O)NC5=O)c(F)c4)CC3)CC2)CC1. The number of amides is 2. The zero-order valence-electron chi connectivity index (χ0n) is 39.7. The molecule has 9 rings (SSSR count). The number of carbonyl (C=O) groups excluding carboxylic acids is 2. The maximum absolute atomic E-state index is 15.2. The Kier molecular flexibility index (Phi) is 14.8. The minimum Gasteiger partial charge on any atom is -0.494 e. The predicted molar refractivity (Wildman–Crippen MR) is 272 cm³/mol. The fraction of sp³-hybridized carbons (Fsp3) is 0.480. The molecule has 4 aliphatic heterocycles. The number of rotatable bonds is 14. The van der Waals surface area contributed by atoms with E-state index in [2.05, 4.69) is 80.6 Å². The van der Waals surface area contributed by atoms with E-state index in [4.69, 9.17) is 9.72 Å². The summed E-state index contributed by atoms with van der Waals surface area (Å²) in [4.78, 5) is 51.6. The first kappa shape index (κ1) is 48.7. The van der Waals surface area contributed by atoms with Crippen molar-refractivity contribution in [2.45, 2.75) is 70.3 Å². The molecule has 3 aromatic carbocycles. The summed E-state index contributed by atoms with van der Waals surface area (Å²) in [6.45, 7) is 14.3. The number of ether oxygens (including phenoxy) is 1. The lowest BCUT2D eigenvalue weighted by Gasteiger charge is -2.44. The molecule has 0 saturated carbocycles. The van der Waals surface area contributed by atoms with Gasteiger partial charge < -0.3 is 34.6 Å². The zero-order valence-corrected chi connectivity index (χ0v) is 42.2. The lowest BCUT2D eigenvalue weighted by molar-refractivity contribution is -0.134. The van der Waals surface area contributed by atoms with E-state index in [-0.39, 0.29) is 18.4 Å². The fourth-order valence-electron chi connectivity index (χ4n) is 10.7. The summed E-state index contributed by atoms with van der Waals surface area (Å²) in [7, 11) is -1.08. The number of imide groups is 1. The number of aryl methyl sites for hydroxylation is 1. The van der Waals surface area contributed by atoms with Crippen LogP contribution in [0.2, 0.25) is 0 Å². The molecule has 1 atom stereocenters. The first-order valence-corrected chi connectivity index (χ1v) is 27.5. The van der Waals surface area contributed by atoms with Gasteiger partial charge in [0.05, 0.1) is 34.4 Å². The number of hydrogen-bond donors (Lipinski definition) is 3. The van der Waals surface area contributed by atoms with E-state index < -0.39 is 36.5 Å². The minimum absolute atomic E-state index is 0.0703. The van der Waals surface area contributed by atoms with Gasteiger partial charge in [-0.25, -0.2) is 23.7 Å². The van der Waals surface area contributed by atoms with Crippen LogP contribution in [-0.4, -0.2) is 127 Å². The Labute approximate surface area is 410 Å². The van der Waals surface area contributed by atoms with Crippen molar-refractivity contribution in [2.75, 3.05) is 99.8 Å². The number of halogens is 3. The molecule has 6 heterocycles. The van der Waals surface area contributed by atoms with Crippen LogP contribution >= 0.6 is 23.1 Å². The highest BCUT2D eigenvalue weighted by molar-refractivity contribution is 9.10. The van der Waals surface area contributed by atoms with Crippen LogP contribution in [0.25, 0.3) is 10.9 Å². The zero-order chi connectivity index (χ0) is 48.4. The van der Waals surface area contributed by atoms with E-state index in [9.17, 15) is 14.2 Å². The van der Waals surface area contributed by atoms with E-state index in [1.807, 2.05) is 17.0 Å². The normalized spacial score (nSPS) is 19.3. The number of piperidine rings is 3. The predicted octanol–water partition coefficient (Wildman–Crippen LogP) is 8.18. The Hall–Kier alpha value is -5.29. The second-order valence-electron chi connectivity index (χ2n) is 19.1. The van der Waals surface area contributed by atoms with Crippen LogP contribution in [0, 0.1) is 17.6 Å². The number of hydrogen-bond acceptors (Lipinski definition) is 14. The summed E-state index contributed by atoms with van der Waals surface area (Å²) in [5.74, 6) is -1.34. The Bertz CT molecular complexity index is 2730. The average Bonchev–Trinajstić information content (AvgIpc) is 3.34. The molecule has 4 fully saturated rings. The number of fused-ring (bicyclic) bond motifs is 1. The third kappa shape index (κ3) is 10.9. The average molecular weight is 1030 g/mol. The maximum atomic E-state index is 15.2. The number of benzene rings is 3. The monoisotopic (exact) mass is 1030 g/mol. The van der Waals surface area contributed by atoms with Gasteiger partial charge in [0.15, 0.2) is 0 Å². The number of nitrogens with zero attached hydrogens (tertiary/aromatic N) is 8. The first-order chi connectivity index (χ1) is 33.3. The van der Waals surface area contributed by atoms with Crippen LogP contribution in [0.15, 0.2) is 59.6 Å². The van der Waals surface area contributed by atoms with Crippen LogP contribution < -0.4 is 35.8 Å². The Morgan fingerprint density at radius 1 is 0.870 bits per heavy atom. The highest BCUT2D eigenvalue weighted by atomic mass is 79.9. The molecular formula is C50H61BrF2N11O4P. The van der Waals surface area contributed by atoms with Gasteiger partial charge in [0.25, 0.3) is 0 Å². The van der Waals surface area contributed by atoms with Crippen molar-refractivity contribution in [2.24, 2.45) is 5.92 Å². The van der Waals surface area contributed by atoms with Gasteiger partial charge in [-0.2, -0.15) is 4.98 Å². The number of aromatic nitrogens is 4. The number of nitrogens with one attached hydrogen (secondary N) is 3. The van der Waals surface area contributed by atoms with Gasteiger partial charge in [0.1, 0.15) is 36.7 Å².